The van der Waals surface area contributed by atoms with Gasteiger partial charge in [-0.05, 0) is 69.0 Å². The Kier molecular flexibility index (Phi) is 15.3. The SMILES string of the molecule is CCOC(=O)c1sc(NC(=O)N([C@@H]2CCC[N+](C)(Cc3cccc(Cl)c3)C2)[C@@H](Cc2ccc(O)cc2)C(N)=O)c(C(=O)OCC)c1C.O=C([O-])C(F)(F)F. The molecular formula is C36H42ClF3N4O9S. The summed E-state index contributed by atoms with van der Waals surface area (Å²) in [6.07, 6.45) is -3.71. The number of quaternary nitrogens is 1. The number of anilines is 1. The fourth-order valence-electron chi connectivity index (χ4n) is 6.20. The molecule has 54 heavy (non-hydrogen) atoms. The van der Waals surface area contributed by atoms with Crippen LogP contribution in [-0.2, 0) is 32.0 Å². The van der Waals surface area contributed by atoms with Crippen LogP contribution in [0.25, 0.3) is 0 Å². The van der Waals surface area contributed by atoms with Crippen molar-refractivity contribution in [1.82, 2.24) is 4.90 Å². The van der Waals surface area contributed by atoms with E-state index in [0.717, 1.165) is 29.9 Å². The second-order valence-electron chi connectivity index (χ2n) is 12.7. The van der Waals surface area contributed by atoms with Gasteiger partial charge in [-0.2, -0.15) is 13.2 Å². The van der Waals surface area contributed by atoms with Gasteiger partial charge in [0.25, 0.3) is 0 Å². The van der Waals surface area contributed by atoms with Gasteiger partial charge in [0.2, 0.25) is 5.91 Å². The van der Waals surface area contributed by atoms with Gasteiger partial charge in [0.1, 0.15) is 34.2 Å². The van der Waals surface area contributed by atoms with Crippen molar-refractivity contribution in [1.29, 1.82) is 0 Å². The Hall–Kier alpha value is -4.87. The van der Waals surface area contributed by atoms with Gasteiger partial charge < -0.3 is 39.6 Å². The van der Waals surface area contributed by atoms with Crippen molar-refractivity contribution in [3.8, 4) is 5.75 Å². The minimum atomic E-state index is -5.19. The number of phenolic OH excluding ortho intramolecular Hbond substituents is 1. The van der Waals surface area contributed by atoms with Crippen molar-refractivity contribution in [3.05, 3.63) is 80.7 Å². The largest absolute Gasteiger partial charge is 0.542 e. The summed E-state index contributed by atoms with van der Waals surface area (Å²) in [6, 6.07) is 11.9. The van der Waals surface area contributed by atoms with Gasteiger partial charge in [0, 0.05) is 17.0 Å². The van der Waals surface area contributed by atoms with Crippen LogP contribution in [0.1, 0.15) is 63.4 Å². The van der Waals surface area contributed by atoms with E-state index in [4.69, 9.17) is 36.7 Å². The Morgan fingerprint density at radius 3 is 2.24 bits per heavy atom. The van der Waals surface area contributed by atoms with Crippen LogP contribution < -0.4 is 16.2 Å². The number of rotatable bonds is 12. The van der Waals surface area contributed by atoms with E-state index < -0.39 is 48.1 Å². The number of phenols is 1. The number of aliphatic carboxylic acids is 1. The lowest BCUT2D eigenvalue weighted by Gasteiger charge is -2.46. The van der Waals surface area contributed by atoms with E-state index >= 15 is 0 Å². The molecule has 3 atom stereocenters. The number of thiophene rings is 1. The molecule has 4 N–H and O–H groups in total. The van der Waals surface area contributed by atoms with Crippen molar-refractivity contribution in [2.75, 3.05) is 38.7 Å². The number of hydrogen-bond acceptors (Lipinski definition) is 10. The number of nitrogens with one attached hydrogen (secondary N) is 1. The zero-order valence-electron chi connectivity index (χ0n) is 30.0. The minimum absolute atomic E-state index is 0.0487. The molecule has 1 fully saturated rings. The van der Waals surface area contributed by atoms with Gasteiger partial charge >= 0.3 is 24.1 Å². The van der Waals surface area contributed by atoms with Gasteiger partial charge in [-0.25, -0.2) is 14.4 Å². The summed E-state index contributed by atoms with van der Waals surface area (Å²) in [6.45, 7) is 7.17. The van der Waals surface area contributed by atoms with Crippen molar-refractivity contribution in [2.24, 2.45) is 5.73 Å². The van der Waals surface area contributed by atoms with Crippen molar-refractivity contribution >= 4 is 57.8 Å². The number of ether oxygens (including phenoxy) is 2. The molecule has 1 aromatic heterocycles. The molecule has 294 valence electrons. The Morgan fingerprint density at radius 1 is 1.07 bits per heavy atom. The summed E-state index contributed by atoms with van der Waals surface area (Å²) in [4.78, 5) is 63.9. The van der Waals surface area contributed by atoms with Crippen LogP contribution in [0.4, 0.5) is 23.0 Å². The molecule has 1 unspecified atom stereocenters. The van der Waals surface area contributed by atoms with E-state index in [2.05, 4.69) is 12.4 Å². The number of carbonyl (C=O) groups is 5. The molecule has 4 rings (SSSR count). The van der Waals surface area contributed by atoms with Gasteiger partial charge in [0.05, 0.1) is 45.0 Å². The molecule has 0 radical (unpaired) electrons. The molecule has 1 saturated heterocycles. The van der Waals surface area contributed by atoms with E-state index in [-0.39, 0.29) is 40.8 Å². The number of halogens is 4. The van der Waals surface area contributed by atoms with Crippen LogP contribution in [0.2, 0.25) is 5.02 Å². The van der Waals surface area contributed by atoms with E-state index in [0.29, 0.717) is 40.1 Å². The number of carboxylic acid groups (broad SMARTS) is 1. The fraction of sp³-hybridized carbons (Fsp3) is 0.417. The number of carboxylic acids is 1. The predicted molar refractivity (Wildman–Crippen MR) is 192 cm³/mol. The van der Waals surface area contributed by atoms with E-state index in [1.54, 1.807) is 32.9 Å². The molecule has 2 heterocycles. The number of amides is 3. The number of urea groups is 1. The maximum absolute atomic E-state index is 14.4. The molecule has 3 aromatic rings. The number of esters is 2. The lowest BCUT2D eigenvalue weighted by atomic mass is 9.96. The molecule has 2 aromatic carbocycles. The monoisotopic (exact) mass is 798 g/mol. The second-order valence-corrected chi connectivity index (χ2v) is 14.2. The zero-order chi connectivity index (χ0) is 40.4. The van der Waals surface area contributed by atoms with Crippen LogP contribution in [0.15, 0.2) is 48.5 Å². The fourth-order valence-corrected chi connectivity index (χ4v) is 7.49. The third-order valence-electron chi connectivity index (χ3n) is 8.54. The van der Waals surface area contributed by atoms with Gasteiger partial charge in [-0.3, -0.25) is 10.1 Å². The molecule has 3 amide bonds. The first-order valence-corrected chi connectivity index (χ1v) is 18.0. The maximum Gasteiger partial charge on any atom is 0.430 e. The number of aromatic hydroxyl groups is 1. The maximum atomic E-state index is 14.4. The number of carbonyl (C=O) groups excluding carboxylic acids is 5. The Bertz CT molecular complexity index is 1820. The van der Waals surface area contributed by atoms with Crippen molar-refractivity contribution < 1.29 is 61.3 Å². The molecule has 0 aliphatic carbocycles. The molecule has 1 aliphatic rings. The number of likely N-dealkylation sites (tertiary alicyclic amines) is 1. The highest BCUT2D eigenvalue weighted by Gasteiger charge is 2.42. The number of likely N-dealkylation sites (N-methyl/N-ethyl adjacent to an activating group) is 1. The summed E-state index contributed by atoms with van der Waals surface area (Å²) in [5.74, 6) is -4.97. The first kappa shape index (κ1) is 43.5. The highest BCUT2D eigenvalue weighted by Crippen LogP contribution is 2.36. The third kappa shape index (κ3) is 11.8. The first-order valence-electron chi connectivity index (χ1n) is 16.8. The standard InChI is InChI=1S/C34H41ClN4O7S.C2HF3O2/c1-5-45-32(42)28-21(3)29(33(43)46-6-2)47-31(28)37-34(44)38(27(30(36)41)18-22-12-14-26(40)15-13-22)25-11-8-16-39(4,20-25)19-23-9-7-10-24(35)17-23;3-2(4,5)1(6)7/h7,9-10,12-15,17,25,27H,5-6,8,11,16,18-20H2,1-4H3,(H3-,36,37,40,41,42,43,44);(H,6,7)/t25-,27+,39?;/m1./s1. The van der Waals surface area contributed by atoms with E-state index in [1.807, 2.05) is 24.3 Å². The number of nitrogens with zero attached hydrogens (tertiary/aromatic N) is 2. The van der Waals surface area contributed by atoms with Gasteiger partial charge in [-0.15, -0.1) is 11.3 Å². The van der Waals surface area contributed by atoms with Crippen LogP contribution in [0.3, 0.4) is 0 Å². The molecule has 0 bridgehead atoms. The number of alkyl halides is 3. The normalized spacial score (nSPS) is 17.3. The molecule has 0 saturated carbocycles. The molecule has 13 nitrogen and oxygen atoms in total. The van der Waals surface area contributed by atoms with E-state index in [1.165, 1.54) is 17.0 Å². The lowest BCUT2D eigenvalue weighted by molar-refractivity contribution is -0.928. The Labute approximate surface area is 319 Å². The summed E-state index contributed by atoms with van der Waals surface area (Å²) >= 11 is 7.19. The highest BCUT2D eigenvalue weighted by molar-refractivity contribution is 7.18. The zero-order valence-corrected chi connectivity index (χ0v) is 31.6. The quantitative estimate of drug-likeness (QED) is 0.171. The molecular weight excluding hydrogens is 757 g/mol. The Morgan fingerprint density at radius 2 is 1.69 bits per heavy atom. The summed E-state index contributed by atoms with van der Waals surface area (Å²) in [7, 11) is 2.11. The van der Waals surface area contributed by atoms with Crippen LogP contribution in [-0.4, -0.2) is 95.9 Å². The number of primary amides is 1. The first-order chi connectivity index (χ1) is 25.3. The van der Waals surface area contributed by atoms with E-state index in [9.17, 15) is 37.5 Å². The Balaban J connectivity index is 0.00000102. The second kappa shape index (κ2) is 18.9. The predicted octanol–water partition coefficient (Wildman–Crippen LogP) is 4.81. The summed E-state index contributed by atoms with van der Waals surface area (Å²) < 4.78 is 42.6. The van der Waals surface area contributed by atoms with Crippen molar-refractivity contribution in [3.63, 3.8) is 0 Å². The number of hydrogen-bond donors (Lipinski definition) is 3. The van der Waals surface area contributed by atoms with Crippen molar-refractivity contribution in [2.45, 2.75) is 64.8 Å². The average Bonchev–Trinajstić information content (AvgIpc) is 3.40. The smallest absolute Gasteiger partial charge is 0.430 e. The topological polar surface area (TPSA) is 188 Å². The van der Waals surface area contributed by atoms with Crippen LogP contribution >= 0.6 is 22.9 Å². The molecule has 1 aliphatic heterocycles. The van der Waals surface area contributed by atoms with Crippen LogP contribution in [0.5, 0.6) is 5.75 Å². The third-order valence-corrected chi connectivity index (χ3v) is 9.96. The van der Waals surface area contributed by atoms with Gasteiger partial charge in [-0.1, -0.05) is 35.9 Å². The summed E-state index contributed by atoms with van der Waals surface area (Å²) in [5, 5.41) is 22.2. The molecule has 18 heteroatoms. The van der Waals surface area contributed by atoms with Crippen LogP contribution in [0, 0.1) is 6.92 Å². The average molecular weight is 799 g/mol. The summed E-state index contributed by atoms with van der Waals surface area (Å²) in [5.41, 5.74) is 8.14. The lowest BCUT2D eigenvalue weighted by Crippen LogP contribution is -2.62. The van der Waals surface area contributed by atoms with Gasteiger partial charge in [0.15, 0.2) is 0 Å². The highest BCUT2D eigenvalue weighted by atomic mass is 35.5. The number of benzene rings is 2. The number of nitrogens with two attached hydrogens (primary N) is 1. The molecule has 0 spiro atoms. The number of piperidine rings is 1. The minimum Gasteiger partial charge on any atom is -0.542 e.